The van der Waals surface area contributed by atoms with E-state index in [1.54, 1.807) is 6.92 Å². The fourth-order valence-corrected chi connectivity index (χ4v) is 3.83. The van der Waals surface area contributed by atoms with Crippen molar-refractivity contribution in [3.63, 3.8) is 0 Å². The summed E-state index contributed by atoms with van der Waals surface area (Å²) in [6, 6.07) is 13.1. The molecular weight excluding hydrogens is 370 g/mol. The largest absolute Gasteiger partial charge is 0.383 e. The molecule has 9 heteroatoms. The number of nitro groups is 1. The van der Waals surface area contributed by atoms with E-state index in [-0.39, 0.29) is 22.9 Å². The molecule has 0 saturated carbocycles. The van der Waals surface area contributed by atoms with Crippen molar-refractivity contribution in [1.82, 2.24) is 4.72 Å². The first kappa shape index (κ1) is 20.8. The summed E-state index contributed by atoms with van der Waals surface area (Å²) in [4.78, 5) is 10.6. The number of benzene rings is 2. The highest BCUT2D eigenvalue weighted by atomic mass is 32.2. The molecule has 0 aliphatic heterocycles. The molecule has 0 fully saturated rings. The van der Waals surface area contributed by atoms with Crippen molar-refractivity contribution in [3.8, 4) is 0 Å². The van der Waals surface area contributed by atoms with Crippen LogP contribution in [0, 0.1) is 10.1 Å². The van der Waals surface area contributed by atoms with Gasteiger partial charge < -0.3 is 10.1 Å². The average molecular weight is 393 g/mol. The van der Waals surface area contributed by atoms with Crippen LogP contribution >= 0.6 is 0 Å². The second-order valence-electron chi connectivity index (χ2n) is 6.08. The number of rotatable bonds is 10. The van der Waals surface area contributed by atoms with Gasteiger partial charge in [-0.1, -0.05) is 30.3 Å². The smallest absolute Gasteiger partial charge is 0.293 e. The molecule has 0 unspecified atom stereocenters. The summed E-state index contributed by atoms with van der Waals surface area (Å²) in [5, 5.41) is 14.4. The Bertz CT molecular complexity index is 872. The minimum Gasteiger partial charge on any atom is -0.383 e. The predicted molar refractivity (Wildman–Crippen MR) is 103 cm³/mol. The van der Waals surface area contributed by atoms with Gasteiger partial charge in [-0.2, -0.15) is 0 Å². The quantitative estimate of drug-likeness (QED) is 0.474. The van der Waals surface area contributed by atoms with Crippen LogP contribution in [0.25, 0.3) is 0 Å². The molecule has 0 spiro atoms. The third-order valence-corrected chi connectivity index (χ3v) is 5.41. The normalized spacial score (nSPS) is 12.5. The van der Waals surface area contributed by atoms with E-state index < -0.39 is 21.0 Å². The van der Waals surface area contributed by atoms with E-state index in [2.05, 4.69) is 10.0 Å². The maximum atomic E-state index is 12.4. The molecule has 27 heavy (non-hydrogen) atoms. The van der Waals surface area contributed by atoms with E-state index in [0.717, 1.165) is 11.6 Å². The molecule has 0 aliphatic rings. The molecular formula is C18H23N3O5S. The van der Waals surface area contributed by atoms with Crippen LogP contribution in [0.5, 0.6) is 0 Å². The van der Waals surface area contributed by atoms with Crippen molar-refractivity contribution in [2.45, 2.75) is 24.3 Å². The SMILES string of the molecule is COC[C@@H](C)NS(=O)(=O)c1ccc(NCCc2ccccc2)c([N+](=O)[O-])c1. The Kier molecular flexibility index (Phi) is 7.28. The first-order valence-corrected chi connectivity index (χ1v) is 9.89. The highest BCUT2D eigenvalue weighted by Crippen LogP contribution is 2.27. The van der Waals surface area contributed by atoms with E-state index in [1.807, 2.05) is 30.3 Å². The predicted octanol–water partition coefficient (Wildman–Crippen LogP) is 2.56. The summed E-state index contributed by atoms with van der Waals surface area (Å²) < 4.78 is 32.1. The molecule has 0 saturated heterocycles. The lowest BCUT2D eigenvalue weighted by molar-refractivity contribution is -0.384. The lowest BCUT2D eigenvalue weighted by atomic mass is 10.1. The number of anilines is 1. The van der Waals surface area contributed by atoms with Gasteiger partial charge in [-0.3, -0.25) is 10.1 Å². The van der Waals surface area contributed by atoms with E-state index >= 15 is 0 Å². The van der Waals surface area contributed by atoms with Crippen molar-refractivity contribution in [2.75, 3.05) is 25.6 Å². The number of nitrogens with one attached hydrogen (secondary N) is 2. The molecule has 2 rings (SSSR count). The van der Waals surface area contributed by atoms with Crippen LogP contribution in [0.1, 0.15) is 12.5 Å². The second-order valence-corrected chi connectivity index (χ2v) is 7.79. The highest BCUT2D eigenvalue weighted by Gasteiger charge is 2.22. The standard InChI is InChI=1S/C18H23N3O5S/c1-14(13-26-2)20-27(24,25)16-8-9-17(18(12-16)21(22)23)19-11-10-15-6-4-3-5-7-15/h3-9,12,14,19-20H,10-11,13H2,1-2H3/t14-/m1/s1. The molecule has 2 aromatic rings. The Hall–Kier alpha value is -2.49. The number of ether oxygens (including phenoxy) is 1. The molecule has 146 valence electrons. The van der Waals surface area contributed by atoms with Gasteiger partial charge in [-0.15, -0.1) is 0 Å². The van der Waals surface area contributed by atoms with Gasteiger partial charge in [0.15, 0.2) is 0 Å². The molecule has 0 heterocycles. The molecule has 0 bridgehead atoms. The summed E-state index contributed by atoms with van der Waals surface area (Å²) in [6.07, 6.45) is 0.689. The summed E-state index contributed by atoms with van der Waals surface area (Å²) in [5.74, 6) is 0. The minimum atomic E-state index is -3.88. The molecule has 0 aromatic heterocycles. The third kappa shape index (κ3) is 6.02. The highest BCUT2D eigenvalue weighted by molar-refractivity contribution is 7.89. The van der Waals surface area contributed by atoms with E-state index in [1.165, 1.54) is 19.2 Å². The zero-order valence-electron chi connectivity index (χ0n) is 15.2. The number of nitro benzene ring substituents is 1. The van der Waals surface area contributed by atoms with Gasteiger partial charge >= 0.3 is 0 Å². The summed E-state index contributed by atoms with van der Waals surface area (Å²) in [5.41, 5.74) is 1.09. The number of nitrogens with zero attached hydrogens (tertiary/aromatic N) is 1. The maximum Gasteiger partial charge on any atom is 0.293 e. The fourth-order valence-electron chi connectivity index (χ4n) is 2.58. The van der Waals surface area contributed by atoms with Crippen molar-refractivity contribution in [3.05, 3.63) is 64.2 Å². The fraction of sp³-hybridized carbons (Fsp3) is 0.333. The Morgan fingerprint density at radius 1 is 1.19 bits per heavy atom. The number of methoxy groups -OCH3 is 1. The van der Waals surface area contributed by atoms with Crippen LogP contribution in [0.15, 0.2) is 53.4 Å². The first-order chi connectivity index (χ1) is 12.8. The van der Waals surface area contributed by atoms with Gasteiger partial charge in [0.1, 0.15) is 5.69 Å². The Morgan fingerprint density at radius 3 is 2.52 bits per heavy atom. The van der Waals surface area contributed by atoms with E-state index in [4.69, 9.17) is 4.74 Å². The monoisotopic (exact) mass is 393 g/mol. The maximum absolute atomic E-state index is 12.4. The molecule has 0 aliphatic carbocycles. The minimum absolute atomic E-state index is 0.161. The molecule has 2 N–H and O–H groups in total. The van der Waals surface area contributed by atoms with Crippen LogP contribution in [-0.4, -0.2) is 39.6 Å². The van der Waals surface area contributed by atoms with Crippen LogP contribution in [0.4, 0.5) is 11.4 Å². The number of hydrogen-bond donors (Lipinski definition) is 2. The molecule has 1 atom stereocenters. The third-order valence-electron chi connectivity index (χ3n) is 3.82. The first-order valence-electron chi connectivity index (χ1n) is 8.41. The zero-order valence-corrected chi connectivity index (χ0v) is 16.0. The van der Waals surface area contributed by atoms with Crippen molar-refractivity contribution < 1.29 is 18.1 Å². The van der Waals surface area contributed by atoms with E-state index in [9.17, 15) is 18.5 Å². The summed E-state index contributed by atoms with van der Waals surface area (Å²) in [6.45, 7) is 2.33. The molecule has 0 radical (unpaired) electrons. The second kappa shape index (κ2) is 9.45. The van der Waals surface area contributed by atoms with Crippen LogP contribution in [0.3, 0.4) is 0 Å². The van der Waals surface area contributed by atoms with Gasteiger partial charge in [0, 0.05) is 25.8 Å². The topological polar surface area (TPSA) is 111 Å². The number of sulfonamides is 1. The Morgan fingerprint density at radius 2 is 1.89 bits per heavy atom. The summed E-state index contributed by atoms with van der Waals surface area (Å²) in [7, 11) is -2.42. The van der Waals surface area contributed by atoms with Gasteiger partial charge in [0.05, 0.1) is 16.4 Å². The lowest BCUT2D eigenvalue weighted by Crippen LogP contribution is -2.35. The van der Waals surface area contributed by atoms with Gasteiger partial charge in [-0.25, -0.2) is 13.1 Å². The average Bonchev–Trinajstić information content (AvgIpc) is 2.62. The molecule has 2 aromatic carbocycles. The van der Waals surface area contributed by atoms with Crippen LogP contribution < -0.4 is 10.0 Å². The number of hydrogen-bond acceptors (Lipinski definition) is 6. The lowest BCUT2D eigenvalue weighted by Gasteiger charge is -2.14. The van der Waals surface area contributed by atoms with E-state index in [0.29, 0.717) is 13.0 Å². The van der Waals surface area contributed by atoms with Gasteiger partial charge in [0.2, 0.25) is 10.0 Å². The van der Waals surface area contributed by atoms with Gasteiger partial charge in [0.25, 0.3) is 5.69 Å². The van der Waals surface area contributed by atoms with Crippen molar-refractivity contribution in [2.24, 2.45) is 0 Å². The van der Waals surface area contributed by atoms with Crippen LogP contribution in [0.2, 0.25) is 0 Å². The molecule has 0 amide bonds. The van der Waals surface area contributed by atoms with Crippen molar-refractivity contribution >= 4 is 21.4 Å². The molecule has 8 nitrogen and oxygen atoms in total. The summed E-state index contributed by atoms with van der Waals surface area (Å²) >= 11 is 0. The Labute approximate surface area is 158 Å². The zero-order chi connectivity index (χ0) is 19.9. The Balaban J connectivity index is 2.15. The van der Waals surface area contributed by atoms with Crippen LogP contribution in [-0.2, 0) is 21.2 Å². The van der Waals surface area contributed by atoms with Crippen molar-refractivity contribution in [1.29, 1.82) is 0 Å². The van der Waals surface area contributed by atoms with Gasteiger partial charge in [-0.05, 0) is 31.0 Å².